The van der Waals surface area contributed by atoms with Crippen molar-refractivity contribution < 1.29 is 14.5 Å². The molecule has 102 valence electrons. The van der Waals surface area contributed by atoms with E-state index < -0.39 is 16.9 Å². The lowest BCUT2D eigenvalue weighted by atomic mass is 9.93. The van der Waals surface area contributed by atoms with Crippen LogP contribution in [0.25, 0.3) is 0 Å². The van der Waals surface area contributed by atoms with Gasteiger partial charge in [0.25, 0.3) is 0 Å². The van der Waals surface area contributed by atoms with Crippen LogP contribution in [0, 0.1) is 16.0 Å². The van der Waals surface area contributed by atoms with Gasteiger partial charge >= 0.3 is 12.0 Å². The molecule has 5 nitrogen and oxygen atoms in total. The fourth-order valence-electron chi connectivity index (χ4n) is 1.63. The summed E-state index contributed by atoms with van der Waals surface area (Å²) in [7, 11) is 0. The highest BCUT2D eigenvalue weighted by molar-refractivity contribution is 6.29. The molecule has 0 aromatic heterocycles. The Balaban J connectivity index is 4.69. The Bertz CT molecular complexity index is 330. The molecule has 0 rings (SSSR count). The van der Waals surface area contributed by atoms with E-state index >= 15 is 0 Å². The van der Waals surface area contributed by atoms with Gasteiger partial charge in [0.15, 0.2) is 0 Å². The Morgan fingerprint density at radius 3 is 2.61 bits per heavy atom. The minimum Gasteiger partial charge on any atom is -0.461 e. The number of esters is 1. The molecule has 0 aliphatic rings. The van der Waals surface area contributed by atoms with Gasteiger partial charge in [-0.15, -0.1) is 6.58 Å². The Labute approximate surface area is 112 Å². The molecule has 18 heavy (non-hydrogen) atoms. The molecule has 0 fully saturated rings. The van der Waals surface area contributed by atoms with Gasteiger partial charge in [0, 0.05) is 16.4 Å². The standard InChI is InChI=1S/C12H18ClNO4/c1-4-6-10(7-9(3)13)8-11(14(16)17)12(15)18-5-2/h4,10-11H,1,3,5-8H2,2H3. The third-order valence-electron chi connectivity index (χ3n) is 2.38. The Morgan fingerprint density at radius 2 is 2.22 bits per heavy atom. The third-order valence-corrected chi connectivity index (χ3v) is 2.53. The molecular weight excluding hydrogens is 258 g/mol. The first-order valence-electron chi connectivity index (χ1n) is 5.66. The molecule has 0 bridgehead atoms. The van der Waals surface area contributed by atoms with Gasteiger partial charge in [-0.25, -0.2) is 4.79 Å². The van der Waals surface area contributed by atoms with Gasteiger partial charge in [0.1, 0.15) is 0 Å². The summed E-state index contributed by atoms with van der Waals surface area (Å²) in [6.45, 7) is 8.87. The van der Waals surface area contributed by atoms with Gasteiger partial charge in [0.2, 0.25) is 0 Å². The largest absolute Gasteiger partial charge is 0.461 e. The molecule has 0 N–H and O–H groups in total. The number of carbonyl (C=O) groups excluding carboxylic acids is 1. The molecule has 2 atom stereocenters. The van der Waals surface area contributed by atoms with Gasteiger partial charge in [-0.05, 0) is 25.7 Å². The van der Waals surface area contributed by atoms with Crippen molar-refractivity contribution >= 4 is 17.6 Å². The second kappa shape index (κ2) is 8.69. The normalized spacial score (nSPS) is 13.4. The van der Waals surface area contributed by atoms with Crippen LogP contribution >= 0.6 is 11.6 Å². The Hall–Kier alpha value is -1.36. The van der Waals surface area contributed by atoms with E-state index in [1.807, 2.05) is 0 Å². The molecule has 0 saturated heterocycles. The summed E-state index contributed by atoms with van der Waals surface area (Å²) < 4.78 is 4.69. The molecule has 0 aromatic rings. The average molecular weight is 276 g/mol. The average Bonchev–Trinajstić information content (AvgIpc) is 2.24. The van der Waals surface area contributed by atoms with Crippen molar-refractivity contribution in [2.45, 2.75) is 32.2 Å². The summed E-state index contributed by atoms with van der Waals surface area (Å²) in [6.07, 6.45) is 2.67. The minimum atomic E-state index is -1.36. The lowest BCUT2D eigenvalue weighted by Gasteiger charge is -2.16. The van der Waals surface area contributed by atoms with Crippen LogP contribution < -0.4 is 0 Å². The fourth-order valence-corrected chi connectivity index (χ4v) is 1.85. The molecule has 0 aliphatic heterocycles. The van der Waals surface area contributed by atoms with E-state index in [-0.39, 0.29) is 18.9 Å². The fraction of sp³-hybridized carbons (Fsp3) is 0.583. The van der Waals surface area contributed by atoms with E-state index in [4.69, 9.17) is 11.6 Å². The minimum absolute atomic E-state index is 0.0730. The SMILES string of the molecule is C=CCC(CC(=C)Cl)CC(C(=O)OCC)[N+](=O)[O-]. The molecule has 0 aromatic carbocycles. The molecule has 2 unspecified atom stereocenters. The van der Waals surface area contributed by atoms with Crippen LogP contribution in [0.4, 0.5) is 0 Å². The maximum Gasteiger partial charge on any atom is 0.381 e. The maximum atomic E-state index is 11.5. The molecule has 0 aliphatic carbocycles. The number of rotatable bonds is 9. The number of nitro groups is 1. The van der Waals surface area contributed by atoms with E-state index in [1.54, 1.807) is 13.0 Å². The predicted octanol–water partition coefficient (Wildman–Crippen LogP) is 2.92. The number of allylic oxidation sites excluding steroid dienone is 2. The molecule has 0 radical (unpaired) electrons. The monoisotopic (exact) mass is 275 g/mol. The van der Waals surface area contributed by atoms with Gasteiger partial charge in [-0.2, -0.15) is 0 Å². The van der Waals surface area contributed by atoms with Crippen molar-refractivity contribution in [3.05, 3.63) is 34.4 Å². The Kier molecular flexibility index (Phi) is 8.03. The smallest absolute Gasteiger partial charge is 0.381 e. The van der Waals surface area contributed by atoms with Crippen LogP contribution in [0.5, 0.6) is 0 Å². The van der Waals surface area contributed by atoms with Crippen molar-refractivity contribution in [3.8, 4) is 0 Å². The lowest BCUT2D eigenvalue weighted by Crippen LogP contribution is -2.33. The Morgan fingerprint density at radius 1 is 1.61 bits per heavy atom. The highest BCUT2D eigenvalue weighted by atomic mass is 35.5. The van der Waals surface area contributed by atoms with Crippen LogP contribution in [-0.4, -0.2) is 23.5 Å². The van der Waals surface area contributed by atoms with Crippen molar-refractivity contribution in [1.29, 1.82) is 0 Å². The zero-order chi connectivity index (χ0) is 14.1. The van der Waals surface area contributed by atoms with Crippen molar-refractivity contribution in [2.24, 2.45) is 5.92 Å². The van der Waals surface area contributed by atoms with Crippen LogP contribution in [0.2, 0.25) is 0 Å². The molecule has 0 heterocycles. The number of hydrogen-bond acceptors (Lipinski definition) is 4. The van der Waals surface area contributed by atoms with Crippen LogP contribution in [0.15, 0.2) is 24.3 Å². The van der Waals surface area contributed by atoms with Crippen molar-refractivity contribution in [3.63, 3.8) is 0 Å². The highest BCUT2D eigenvalue weighted by Crippen LogP contribution is 2.23. The van der Waals surface area contributed by atoms with Crippen molar-refractivity contribution in [1.82, 2.24) is 0 Å². The van der Waals surface area contributed by atoms with Crippen LogP contribution in [-0.2, 0) is 9.53 Å². The van der Waals surface area contributed by atoms with E-state index in [1.165, 1.54) is 0 Å². The summed E-state index contributed by atoms with van der Waals surface area (Å²) in [6, 6.07) is -1.36. The van der Waals surface area contributed by atoms with Gasteiger partial charge < -0.3 is 4.74 Å². The van der Waals surface area contributed by atoms with E-state index in [9.17, 15) is 14.9 Å². The first-order chi connectivity index (χ1) is 8.42. The molecule has 0 amide bonds. The van der Waals surface area contributed by atoms with E-state index in [0.29, 0.717) is 17.9 Å². The third kappa shape index (κ3) is 6.39. The summed E-state index contributed by atoms with van der Waals surface area (Å²) in [5.74, 6) is -0.941. The van der Waals surface area contributed by atoms with Gasteiger partial charge in [0.05, 0.1) is 6.61 Å². The van der Waals surface area contributed by atoms with E-state index in [0.717, 1.165) is 0 Å². The quantitative estimate of drug-likeness (QED) is 0.281. The van der Waals surface area contributed by atoms with E-state index in [2.05, 4.69) is 17.9 Å². The zero-order valence-corrected chi connectivity index (χ0v) is 11.2. The number of carbonyl (C=O) groups is 1. The molecule has 0 saturated carbocycles. The summed E-state index contributed by atoms with van der Waals surface area (Å²) in [5.41, 5.74) is 0. The number of nitrogens with zero attached hydrogens (tertiary/aromatic N) is 1. The van der Waals surface area contributed by atoms with Crippen LogP contribution in [0.1, 0.15) is 26.2 Å². The van der Waals surface area contributed by atoms with Gasteiger partial charge in [-0.1, -0.05) is 24.3 Å². The topological polar surface area (TPSA) is 69.4 Å². The zero-order valence-electron chi connectivity index (χ0n) is 10.4. The number of ether oxygens (including phenoxy) is 1. The summed E-state index contributed by atoms with van der Waals surface area (Å²) in [5, 5.41) is 11.3. The first kappa shape index (κ1) is 16.6. The molecule has 0 spiro atoms. The summed E-state index contributed by atoms with van der Waals surface area (Å²) in [4.78, 5) is 21.7. The predicted molar refractivity (Wildman–Crippen MR) is 69.9 cm³/mol. The first-order valence-corrected chi connectivity index (χ1v) is 6.04. The lowest BCUT2D eigenvalue weighted by molar-refractivity contribution is -0.512. The number of halogens is 1. The molecule has 6 heteroatoms. The second-order valence-electron chi connectivity index (χ2n) is 3.90. The van der Waals surface area contributed by atoms with Gasteiger partial charge in [-0.3, -0.25) is 10.1 Å². The number of hydrogen-bond donors (Lipinski definition) is 0. The van der Waals surface area contributed by atoms with Crippen LogP contribution in [0.3, 0.4) is 0 Å². The molecular formula is C12H18ClNO4. The second-order valence-corrected chi connectivity index (χ2v) is 4.44. The van der Waals surface area contributed by atoms with Crippen molar-refractivity contribution in [2.75, 3.05) is 6.61 Å². The highest BCUT2D eigenvalue weighted by Gasteiger charge is 2.33. The maximum absolute atomic E-state index is 11.5. The summed E-state index contributed by atoms with van der Waals surface area (Å²) >= 11 is 5.70.